The summed E-state index contributed by atoms with van der Waals surface area (Å²) < 4.78 is 6.38. The van der Waals surface area contributed by atoms with Gasteiger partial charge in [0.15, 0.2) is 5.78 Å². The number of hydrogen-bond donors (Lipinski definition) is 4. The van der Waals surface area contributed by atoms with Crippen LogP contribution in [0, 0.1) is 34.5 Å². The number of hydrogen-bond acceptors (Lipinski definition) is 6. The van der Waals surface area contributed by atoms with E-state index in [0.29, 0.717) is 25.2 Å². The number of carbonyl (C=O) groups is 1. The molecule has 6 nitrogen and oxygen atoms in total. The molecule has 6 heteroatoms. The van der Waals surface area contributed by atoms with E-state index in [1.165, 1.54) is 0 Å². The Hall–Kier alpha value is -0.790. The zero-order valence-corrected chi connectivity index (χ0v) is 21.7. The molecule has 0 spiro atoms. The Morgan fingerprint density at radius 2 is 1.71 bits per heavy atom. The molecule has 0 bridgehead atoms. The summed E-state index contributed by atoms with van der Waals surface area (Å²) in [6.07, 6.45) is 3.81. The maximum atomic E-state index is 13.3. The highest BCUT2D eigenvalue weighted by atomic mass is 16.5. The number of rotatable bonds is 2. The lowest BCUT2D eigenvalue weighted by molar-refractivity contribution is -0.188. The van der Waals surface area contributed by atoms with Crippen LogP contribution in [0.5, 0.6) is 0 Å². The van der Waals surface area contributed by atoms with Crippen LogP contribution in [0.25, 0.3) is 0 Å². The normalized spacial score (nSPS) is 54.0. The number of ketones is 1. The molecule has 5 aliphatic rings. The number of allylic oxidation sites excluding steroid dienone is 1. The number of carbonyl (C=O) groups excluding carboxylic acids is 1. The van der Waals surface area contributed by atoms with E-state index in [1.54, 1.807) is 6.08 Å². The lowest BCUT2D eigenvalue weighted by Gasteiger charge is -2.60. The van der Waals surface area contributed by atoms with Gasteiger partial charge in [-0.1, -0.05) is 20.8 Å². The van der Waals surface area contributed by atoms with Crippen LogP contribution in [0.3, 0.4) is 0 Å². The first-order chi connectivity index (χ1) is 15.6. The smallest absolute Gasteiger partial charge is 0.159 e. The third-order valence-corrected chi connectivity index (χ3v) is 11.7. The fourth-order valence-electron chi connectivity index (χ4n) is 9.03. The molecular weight excluding hydrogens is 432 g/mol. The van der Waals surface area contributed by atoms with E-state index in [4.69, 9.17) is 4.74 Å². The van der Waals surface area contributed by atoms with E-state index in [0.717, 1.165) is 24.8 Å². The van der Waals surface area contributed by atoms with Crippen LogP contribution in [0.4, 0.5) is 0 Å². The summed E-state index contributed by atoms with van der Waals surface area (Å²) in [6.45, 7) is 12.4. The SMILES string of the molecule is CC1CC([C@](C)(O)[C@H]2CC[C@@]3(O)C4=CC(=O)[C@@H]5C[C@@H](O)[C@@H](O)C[C@]5(C)[C@H]4CC[C@]23C)OC1(C)C. The average molecular weight is 477 g/mol. The Kier molecular flexibility index (Phi) is 5.40. The van der Waals surface area contributed by atoms with Crippen molar-refractivity contribution in [2.75, 3.05) is 0 Å². The summed E-state index contributed by atoms with van der Waals surface area (Å²) >= 11 is 0. The third-order valence-electron chi connectivity index (χ3n) is 11.7. The molecule has 1 heterocycles. The highest BCUT2D eigenvalue weighted by Gasteiger charge is 2.69. The van der Waals surface area contributed by atoms with Crippen molar-refractivity contribution in [3.05, 3.63) is 11.6 Å². The molecule has 4 aliphatic carbocycles. The largest absolute Gasteiger partial charge is 0.390 e. The molecule has 2 unspecified atom stereocenters. The molecule has 0 aromatic heterocycles. The maximum Gasteiger partial charge on any atom is 0.159 e. The molecule has 4 N–H and O–H groups in total. The Morgan fingerprint density at radius 3 is 2.32 bits per heavy atom. The van der Waals surface area contributed by atoms with Crippen molar-refractivity contribution in [3.8, 4) is 0 Å². The second kappa shape index (κ2) is 7.38. The van der Waals surface area contributed by atoms with Crippen molar-refractivity contribution in [3.63, 3.8) is 0 Å². The molecule has 11 atom stereocenters. The first-order valence-corrected chi connectivity index (χ1v) is 13.3. The van der Waals surface area contributed by atoms with E-state index < -0.39 is 34.2 Å². The molecule has 0 amide bonds. The van der Waals surface area contributed by atoms with Gasteiger partial charge in [0.25, 0.3) is 0 Å². The van der Waals surface area contributed by atoms with Crippen molar-refractivity contribution >= 4 is 5.78 Å². The topological polar surface area (TPSA) is 107 Å². The number of aliphatic hydroxyl groups is 4. The van der Waals surface area contributed by atoms with Gasteiger partial charge in [0, 0.05) is 11.3 Å². The first kappa shape index (κ1) is 24.9. The summed E-state index contributed by atoms with van der Waals surface area (Å²) in [5, 5.41) is 45.1. The van der Waals surface area contributed by atoms with E-state index in [2.05, 4.69) is 34.6 Å². The Morgan fingerprint density at radius 1 is 1.03 bits per heavy atom. The van der Waals surface area contributed by atoms with Crippen LogP contribution >= 0.6 is 0 Å². The molecule has 1 aliphatic heterocycles. The van der Waals surface area contributed by atoms with E-state index in [1.807, 2.05) is 6.92 Å². The zero-order valence-electron chi connectivity index (χ0n) is 21.7. The van der Waals surface area contributed by atoms with Crippen molar-refractivity contribution in [2.45, 2.75) is 122 Å². The van der Waals surface area contributed by atoms with Crippen LogP contribution in [0.15, 0.2) is 11.6 Å². The number of fused-ring (bicyclic) bond motifs is 5. The van der Waals surface area contributed by atoms with Gasteiger partial charge in [0.1, 0.15) is 0 Å². The predicted molar refractivity (Wildman–Crippen MR) is 128 cm³/mol. The summed E-state index contributed by atoms with van der Waals surface area (Å²) in [6, 6.07) is 0. The van der Waals surface area contributed by atoms with Gasteiger partial charge in [-0.25, -0.2) is 0 Å². The van der Waals surface area contributed by atoms with Gasteiger partial charge in [-0.05, 0) is 101 Å². The Bertz CT molecular complexity index is 909. The quantitative estimate of drug-likeness (QED) is 0.488. The molecule has 5 rings (SSSR count). The predicted octanol–water partition coefficient (Wildman–Crippen LogP) is 3.15. The minimum Gasteiger partial charge on any atom is -0.390 e. The van der Waals surface area contributed by atoms with Crippen LogP contribution < -0.4 is 0 Å². The van der Waals surface area contributed by atoms with Gasteiger partial charge in [-0.3, -0.25) is 4.79 Å². The number of ether oxygens (including phenoxy) is 1. The van der Waals surface area contributed by atoms with Crippen LogP contribution in [0.1, 0.15) is 86.5 Å². The fraction of sp³-hybridized carbons (Fsp3) is 0.893. The molecule has 3 saturated carbocycles. The highest BCUT2D eigenvalue weighted by Crippen LogP contribution is 2.69. The second-order valence-corrected chi connectivity index (χ2v) is 13.7. The van der Waals surface area contributed by atoms with Gasteiger partial charge in [0.05, 0.1) is 35.1 Å². The van der Waals surface area contributed by atoms with Gasteiger partial charge in [0.2, 0.25) is 0 Å². The van der Waals surface area contributed by atoms with Gasteiger partial charge in [-0.15, -0.1) is 0 Å². The Balaban J connectivity index is 1.50. The summed E-state index contributed by atoms with van der Waals surface area (Å²) in [5.74, 6) is -0.208. The van der Waals surface area contributed by atoms with Gasteiger partial charge >= 0.3 is 0 Å². The van der Waals surface area contributed by atoms with Crippen LogP contribution in [-0.2, 0) is 9.53 Å². The standard InChI is InChI=1S/C28H44O6/c1-15-11-23(34-24(15,2)3)27(6,32)22-8-10-28(33)17-12-19(29)18-13-20(30)21(31)14-25(18,4)16(17)7-9-26(22,28)5/h12,15-16,18,20-23,30-33H,7-11,13-14H2,1-6H3/t15?,16-,18-,20+,21-,22-,23?,25+,26+,27+,28+/m0/s1. The lowest BCUT2D eigenvalue weighted by atomic mass is 9.45. The molecule has 0 aromatic carbocycles. The maximum absolute atomic E-state index is 13.3. The zero-order chi connectivity index (χ0) is 25.1. The van der Waals surface area contributed by atoms with E-state index in [-0.39, 0.29) is 41.7 Å². The molecule has 34 heavy (non-hydrogen) atoms. The first-order valence-electron chi connectivity index (χ1n) is 13.3. The lowest BCUT2D eigenvalue weighted by Crippen LogP contribution is -2.62. The highest BCUT2D eigenvalue weighted by molar-refractivity contribution is 5.95. The van der Waals surface area contributed by atoms with E-state index in [9.17, 15) is 25.2 Å². The summed E-state index contributed by atoms with van der Waals surface area (Å²) in [5.41, 5.74) is -2.82. The minimum atomic E-state index is -1.17. The summed E-state index contributed by atoms with van der Waals surface area (Å²) in [7, 11) is 0. The molecular formula is C28H44O6. The summed E-state index contributed by atoms with van der Waals surface area (Å²) in [4.78, 5) is 13.3. The van der Waals surface area contributed by atoms with Crippen molar-refractivity contribution in [1.82, 2.24) is 0 Å². The minimum absolute atomic E-state index is 0.0131. The molecule has 4 fully saturated rings. The monoisotopic (exact) mass is 476 g/mol. The molecule has 0 radical (unpaired) electrons. The molecule has 0 aromatic rings. The van der Waals surface area contributed by atoms with Crippen molar-refractivity contribution in [2.24, 2.45) is 34.5 Å². The van der Waals surface area contributed by atoms with Crippen molar-refractivity contribution in [1.29, 1.82) is 0 Å². The van der Waals surface area contributed by atoms with Crippen LogP contribution in [0.2, 0.25) is 0 Å². The van der Waals surface area contributed by atoms with Crippen molar-refractivity contribution < 1.29 is 30.0 Å². The van der Waals surface area contributed by atoms with E-state index >= 15 is 0 Å². The molecule has 1 saturated heterocycles. The Labute approximate surface area is 203 Å². The average Bonchev–Trinajstić information content (AvgIpc) is 3.17. The molecule has 192 valence electrons. The third kappa shape index (κ3) is 3.08. The van der Waals surface area contributed by atoms with Crippen LogP contribution in [-0.4, -0.2) is 61.3 Å². The second-order valence-electron chi connectivity index (χ2n) is 13.7. The number of aliphatic hydroxyl groups excluding tert-OH is 2. The van der Waals surface area contributed by atoms with Gasteiger partial charge < -0.3 is 25.2 Å². The van der Waals surface area contributed by atoms with Gasteiger partial charge in [-0.2, -0.15) is 0 Å². The fourth-order valence-corrected chi connectivity index (χ4v) is 9.03.